The molecule has 1 saturated heterocycles. The van der Waals surface area contributed by atoms with E-state index in [0.717, 1.165) is 25.3 Å². The second kappa shape index (κ2) is 6.01. The summed E-state index contributed by atoms with van der Waals surface area (Å²) in [6.07, 6.45) is 0. The van der Waals surface area contributed by atoms with Crippen LogP contribution in [0.25, 0.3) is 0 Å². The lowest BCUT2D eigenvalue weighted by Crippen LogP contribution is -2.24. The van der Waals surface area contributed by atoms with Crippen LogP contribution in [0, 0.1) is 11.8 Å². The fourth-order valence-corrected chi connectivity index (χ4v) is 3.37. The highest BCUT2D eigenvalue weighted by atomic mass is 32.1. The number of likely N-dealkylation sites (tertiary alicyclic amines) is 1. The van der Waals surface area contributed by atoms with Crippen molar-refractivity contribution in [3.05, 3.63) is 16.1 Å². The number of carbonyl (C=O) groups is 1. The first-order chi connectivity index (χ1) is 9.01. The van der Waals surface area contributed by atoms with Crippen LogP contribution in [0.3, 0.4) is 0 Å². The summed E-state index contributed by atoms with van der Waals surface area (Å²) >= 11 is 1.72. The van der Waals surface area contributed by atoms with Gasteiger partial charge in [0.05, 0.1) is 23.7 Å². The van der Waals surface area contributed by atoms with Crippen molar-refractivity contribution in [2.45, 2.75) is 33.2 Å². The van der Waals surface area contributed by atoms with Crippen molar-refractivity contribution in [3.8, 4) is 0 Å². The molecule has 5 heteroatoms. The highest BCUT2D eigenvalue weighted by Gasteiger charge is 2.35. The first-order valence-electron chi connectivity index (χ1n) is 6.75. The lowest BCUT2D eigenvalue weighted by atomic mass is 9.99. The van der Waals surface area contributed by atoms with Gasteiger partial charge >= 0.3 is 5.97 Å². The van der Waals surface area contributed by atoms with E-state index in [1.807, 2.05) is 0 Å². The van der Waals surface area contributed by atoms with E-state index in [9.17, 15) is 4.79 Å². The van der Waals surface area contributed by atoms with Crippen LogP contribution in [-0.2, 0) is 16.1 Å². The Balaban J connectivity index is 1.95. The van der Waals surface area contributed by atoms with E-state index in [1.54, 1.807) is 11.3 Å². The number of thiazole rings is 1. The summed E-state index contributed by atoms with van der Waals surface area (Å²) in [5, 5.41) is 3.32. The molecule has 0 aliphatic carbocycles. The molecule has 1 aliphatic rings. The van der Waals surface area contributed by atoms with Crippen LogP contribution in [0.15, 0.2) is 5.38 Å². The number of esters is 1. The average molecular weight is 282 g/mol. The molecule has 0 spiro atoms. The van der Waals surface area contributed by atoms with E-state index >= 15 is 0 Å². The first kappa shape index (κ1) is 14.5. The normalized spacial score (nSPS) is 24.1. The van der Waals surface area contributed by atoms with Crippen LogP contribution in [-0.4, -0.2) is 36.1 Å². The van der Waals surface area contributed by atoms with E-state index in [0.29, 0.717) is 11.8 Å². The summed E-state index contributed by atoms with van der Waals surface area (Å²) in [5.74, 6) is 0.763. The zero-order chi connectivity index (χ0) is 14.0. The molecule has 0 amide bonds. The summed E-state index contributed by atoms with van der Waals surface area (Å²) in [6.45, 7) is 8.99. The Morgan fingerprint density at radius 2 is 2.32 bits per heavy atom. The van der Waals surface area contributed by atoms with E-state index in [1.165, 1.54) is 12.1 Å². The zero-order valence-corrected chi connectivity index (χ0v) is 12.9. The summed E-state index contributed by atoms with van der Waals surface area (Å²) in [7, 11) is 1.47. The standard InChI is InChI=1S/C14H22N2O2S/c1-9(2)13-15-11(8-19-13)6-16-5-10(3)12(7-16)14(17)18-4/h8-10,12H,5-7H2,1-4H3. The summed E-state index contributed by atoms with van der Waals surface area (Å²) in [5.41, 5.74) is 1.12. The number of carbonyl (C=O) groups excluding carboxylic acids is 1. The van der Waals surface area contributed by atoms with Crippen LogP contribution in [0.2, 0.25) is 0 Å². The number of rotatable bonds is 4. The monoisotopic (exact) mass is 282 g/mol. The molecule has 2 unspecified atom stereocenters. The van der Waals surface area contributed by atoms with Gasteiger partial charge in [-0.1, -0.05) is 20.8 Å². The third-order valence-electron chi connectivity index (χ3n) is 3.64. The molecule has 0 aromatic carbocycles. The highest BCUT2D eigenvalue weighted by Crippen LogP contribution is 2.26. The Kier molecular flexibility index (Phi) is 4.58. The molecule has 1 aromatic heterocycles. The summed E-state index contributed by atoms with van der Waals surface area (Å²) < 4.78 is 4.86. The molecule has 4 nitrogen and oxygen atoms in total. The van der Waals surface area contributed by atoms with Crippen molar-refractivity contribution in [1.29, 1.82) is 0 Å². The van der Waals surface area contributed by atoms with E-state index in [2.05, 4.69) is 36.0 Å². The number of hydrogen-bond acceptors (Lipinski definition) is 5. The van der Waals surface area contributed by atoms with Gasteiger partial charge in [0.25, 0.3) is 0 Å². The Bertz CT molecular complexity index is 444. The number of ether oxygens (including phenoxy) is 1. The largest absolute Gasteiger partial charge is 0.469 e. The van der Waals surface area contributed by atoms with Gasteiger partial charge in [-0.2, -0.15) is 0 Å². The molecule has 0 N–H and O–H groups in total. The topological polar surface area (TPSA) is 42.4 Å². The molecule has 0 radical (unpaired) electrons. The minimum absolute atomic E-state index is 0.00760. The fourth-order valence-electron chi connectivity index (χ4n) is 2.54. The Morgan fingerprint density at radius 3 is 2.89 bits per heavy atom. The van der Waals surface area contributed by atoms with Crippen LogP contribution in [0.4, 0.5) is 0 Å². The van der Waals surface area contributed by atoms with Crippen molar-refractivity contribution in [3.63, 3.8) is 0 Å². The Labute approximate surface area is 118 Å². The minimum Gasteiger partial charge on any atom is -0.469 e. The van der Waals surface area contributed by atoms with Crippen LogP contribution in [0.5, 0.6) is 0 Å². The van der Waals surface area contributed by atoms with Gasteiger partial charge in [0.15, 0.2) is 0 Å². The molecule has 19 heavy (non-hydrogen) atoms. The predicted octanol–water partition coefficient (Wildman–Crippen LogP) is 2.51. The highest BCUT2D eigenvalue weighted by molar-refractivity contribution is 7.09. The van der Waals surface area contributed by atoms with Gasteiger partial charge in [0.2, 0.25) is 0 Å². The molecular weight excluding hydrogens is 260 g/mol. The Hall–Kier alpha value is -0.940. The maximum atomic E-state index is 11.7. The second-order valence-corrected chi connectivity index (χ2v) is 6.52. The molecule has 1 aliphatic heterocycles. The lowest BCUT2D eigenvalue weighted by Gasteiger charge is -2.13. The van der Waals surface area contributed by atoms with Gasteiger partial charge in [-0.3, -0.25) is 9.69 Å². The summed E-state index contributed by atoms with van der Waals surface area (Å²) in [4.78, 5) is 18.6. The molecule has 2 heterocycles. The molecule has 106 valence electrons. The van der Waals surface area contributed by atoms with Crippen molar-refractivity contribution < 1.29 is 9.53 Å². The van der Waals surface area contributed by atoms with E-state index in [4.69, 9.17) is 4.74 Å². The van der Waals surface area contributed by atoms with Crippen molar-refractivity contribution in [2.75, 3.05) is 20.2 Å². The van der Waals surface area contributed by atoms with Crippen molar-refractivity contribution >= 4 is 17.3 Å². The van der Waals surface area contributed by atoms with Crippen LogP contribution in [0.1, 0.15) is 37.4 Å². The SMILES string of the molecule is COC(=O)C1CN(Cc2csc(C(C)C)n2)CC1C. The van der Waals surface area contributed by atoms with E-state index < -0.39 is 0 Å². The summed E-state index contributed by atoms with van der Waals surface area (Å²) in [6, 6.07) is 0. The van der Waals surface area contributed by atoms with Crippen molar-refractivity contribution in [1.82, 2.24) is 9.88 Å². The minimum atomic E-state index is -0.0869. The van der Waals surface area contributed by atoms with Gasteiger partial charge in [0, 0.05) is 30.9 Å². The van der Waals surface area contributed by atoms with Gasteiger partial charge in [-0.25, -0.2) is 4.98 Å². The van der Waals surface area contributed by atoms with Gasteiger partial charge < -0.3 is 4.74 Å². The van der Waals surface area contributed by atoms with Crippen molar-refractivity contribution in [2.24, 2.45) is 11.8 Å². The third kappa shape index (κ3) is 3.34. The third-order valence-corrected chi connectivity index (χ3v) is 4.84. The fraction of sp³-hybridized carbons (Fsp3) is 0.714. The smallest absolute Gasteiger partial charge is 0.310 e. The van der Waals surface area contributed by atoms with Gasteiger partial charge in [-0.05, 0) is 5.92 Å². The van der Waals surface area contributed by atoms with Crippen LogP contribution >= 0.6 is 11.3 Å². The van der Waals surface area contributed by atoms with Gasteiger partial charge in [0.1, 0.15) is 0 Å². The van der Waals surface area contributed by atoms with E-state index in [-0.39, 0.29) is 11.9 Å². The number of hydrogen-bond donors (Lipinski definition) is 0. The quantitative estimate of drug-likeness (QED) is 0.796. The average Bonchev–Trinajstić information content (AvgIpc) is 2.96. The maximum absolute atomic E-state index is 11.7. The molecule has 0 saturated carbocycles. The van der Waals surface area contributed by atoms with Gasteiger partial charge in [-0.15, -0.1) is 11.3 Å². The molecule has 2 atom stereocenters. The zero-order valence-electron chi connectivity index (χ0n) is 12.0. The lowest BCUT2D eigenvalue weighted by molar-refractivity contribution is -0.146. The molecule has 0 bridgehead atoms. The second-order valence-electron chi connectivity index (χ2n) is 5.63. The Morgan fingerprint density at radius 1 is 1.58 bits per heavy atom. The number of methoxy groups -OCH3 is 1. The molecular formula is C14H22N2O2S. The molecule has 1 fully saturated rings. The number of nitrogens with zero attached hydrogens (tertiary/aromatic N) is 2. The maximum Gasteiger partial charge on any atom is 0.310 e. The molecule has 2 rings (SSSR count). The number of aromatic nitrogens is 1. The first-order valence-corrected chi connectivity index (χ1v) is 7.63. The molecule has 1 aromatic rings. The predicted molar refractivity (Wildman–Crippen MR) is 76.2 cm³/mol. The van der Waals surface area contributed by atoms with Crippen LogP contribution < -0.4 is 0 Å².